The Labute approximate surface area is 123 Å². The van der Waals surface area contributed by atoms with Crippen LogP contribution < -0.4 is 5.32 Å². The van der Waals surface area contributed by atoms with E-state index in [1.807, 2.05) is 36.4 Å². The van der Waals surface area contributed by atoms with Crippen LogP contribution in [0.25, 0.3) is 0 Å². The summed E-state index contributed by atoms with van der Waals surface area (Å²) in [6.45, 7) is 3.94. The summed E-state index contributed by atoms with van der Waals surface area (Å²) < 4.78 is 0.735. The molecule has 0 radical (unpaired) electrons. The van der Waals surface area contributed by atoms with Crippen LogP contribution in [0.2, 0.25) is 0 Å². The lowest BCUT2D eigenvalue weighted by atomic mass is 10.0. The average Bonchev–Trinajstić information content (AvgIpc) is 2.21. The number of carbonyl (C=O) groups excluding carboxylic acids is 1. The number of halogens is 2. The second kappa shape index (κ2) is 6.04. The van der Waals surface area contributed by atoms with Crippen molar-refractivity contribution < 1.29 is 9.90 Å². The van der Waals surface area contributed by atoms with E-state index >= 15 is 0 Å². The first-order chi connectivity index (χ1) is 7.85. The second-order valence-electron chi connectivity index (χ2n) is 4.44. The second-order valence-corrected chi connectivity index (χ2v) is 6.40. The van der Waals surface area contributed by atoms with Crippen molar-refractivity contribution in [1.29, 1.82) is 0 Å². The van der Waals surface area contributed by atoms with Gasteiger partial charge in [-0.25, -0.2) is 0 Å². The van der Waals surface area contributed by atoms with E-state index in [1.165, 1.54) is 6.07 Å². The Morgan fingerprint density at radius 2 is 2.18 bits per heavy atom. The number of carbonyl (C=O) groups is 1. The molecule has 0 spiro atoms. The highest BCUT2D eigenvalue weighted by molar-refractivity contribution is 14.1. The maximum atomic E-state index is 12.0. The van der Waals surface area contributed by atoms with E-state index in [-0.39, 0.29) is 17.2 Å². The maximum absolute atomic E-state index is 12.0. The number of benzene rings is 1. The normalized spacial score (nSPS) is 11.3. The topological polar surface area (TPSA) is 49.3 Å². The molecular weight excluding hydrogens is 397 g/mol. The largest absolute Gasteiger partial charge is 0.507 e. The SMILES string of the molecule is CC(C)(CCBr)NC(=O)c1ccc(I)c(O)c1. The summed E-state index contributed by atoms with van der Waals surface area (Å²) in [5.74, 6) is -0.0285. The van der Waals surface area contributed by atoms with Crippen LogP contribution in [0.5, 0.6) is 5.75 Å². The highest BCUT2D eigenvalue weighted by atomic mass is 127. The van der Waals surface area contributed by atoms with Gasteiger partial charge in [-0.1, -0.05) is 15.9 Å². The molecule has 1 amide bonds. The Balaban J connectivity index is 2.80. The molecule has 0 aromatic heterocycles. The van der Waals surface area contributed by atoms with Crippen LogP contribution in [0.1, 0.15) is 30.6 Å². The van der Waals surface area contributed by atoms with Gasteiger partial charge in [0.05, 0.1) is 3.57 Å². The van der Waals surface area contributed by atoms with Gasteiger partial charge in [0.15, 0.2) is 0 Å². The molecule has 5 heteroatoms. The molecule has 1 aromatic carbocycles. The molecule has 3 nitrogen and oxygen atoms in total. The van der Waals surface area contributed by atoms with E-state index in [2.05, 4.69) is 21.2 Å². The minimum atomic E-state index is -0.265. The first-order valence-corrected chi connectivity index (χ1v) is 7.43. The summed E-state index contributed by atoms with van der Waals surface area (Å²) in [5.41, 5.74) is 0.213. The van der Waals surface area contributed by atoms with Gasteiger partial charge in [-0.3, -0.25) is 4.79 Å². The van der Waals surface area contributed by atoms with Crippen LogP contribution in [-0.2, 0) is 0 Å². The lowest BCUT2D eigenvalue weighted by Crippen LogP contribution is -2.43. The van der Waals surface area contributed by atoms with Gasteiger partial charge in [0.25, 0.3) is 5.91 Å². The predicted molar refractivity (Wildman–Crippen MR) is 80.8 cm³/mol. The highest BCUT2D eigenvalue weighted by Crippen LogP contribution is 2.21. The van der Waals surface area contributed by atoms with Gasteiger partial charge < -0.3 is 10.4 Å². The molecule has 0 fully saturated rings. The molecular formula is C12H15BrINO2. The molecule has 2 N–H and O–H groups in total. The molecule has 0 bridgehead atoms. The van der Waals surface area contributed by atoms with E-state index in [9.17, 15) is 9.90 Å². The van der Waals surface area contributed by atoms with Crippen molar-refractivity contribution >= 4 is 44.4 Å². The molecule has 94 valence electrons. The number of hydrogen-bond acceptors (Lipinski definition) is 2. The van der Waals surface area contributed by atoms with E-state index in [4.69, 9.17) is 0 Å². The molecule has 1 aromatic rings. The van der Waals surface area contributed by atoms with Crippen molar-refractivity contribution in [3.05, 3.63) is 27.3 Å². The predicted octanol–water partition coefficient (Wildman–Crippen LogP) is 3.29. The van der Waals surface area contributed by atoms with Gasteiger partial charge in [0, 0.05) is 16.4 Å². The quantitative estimate of drug-likeness (QED) is 0.590. The first kappa shape index (κ1) is 14.8. The minimum Gasteiger partial charge on any atom is -0.507 e. The van der Waals surface area contributed by atoms with E-state index < -0.39 is 0 Å². The number of aromatic hydroxyl groups is 1. The maximum Gasteiger partial charge on any atom is 0.251 e. The molecule has 0 aliphatic carbocycles. The fraction of sp³-hybridized carbons (Fsp3) is 0.417. The lowest BCUT2D eigenvalue weighted by molar-refractivity contribution is 0.0911. The number of hydrogen-bond donors (Lipinski definition) is 2. The molecule has 0 heterocycles. The molecule has 0 saturated carbocycles. The van der Waals surface area contributed by atoms with Crippen molar-refractivity contribution in [3.63, 3.8) is 0 Å². The number of amides is 1. The summed E-state index contributed by atoms with van der Waals surface area (Å²) in [4.78, 5) is 12.0. The molecule has 0 atom stereocenters. The zero-order valence-electron chi connectivity index (χ0n) is 9.76. The highest BCUT2D eigenvalue weighted by Gasteiger charge is 2.20. The Morgan fingerprint density at radius 3 is 2.71 bits per heavy atom. The third kappa shape index (κ3) is 4.46. The standard InChI is InChI=1S/C12H15BrINO2/c1-12(2,5-6-13)15-11(17)8-3-4-9(14)10(16)7-8/h3-4,7,16H,5-6H2,1-2H3,(H,15,17). The van der Waals surface area contributed by atoms with Gasteiger partial charge in [-0.15, -0.1) is 0 Å². The number of phenolic OH excluding ortho intramolecular Hbond substituents is 1. The van der Waals surface area contributed by atoms with Crippen LogP contribution >= 0.6 is 38.5 Å². The van der Waals surface area contributed by atoms with Crippen molar-refractivity contribution in [1.82, 2.24) is 5.32 Å². The Hall–Kier alpha value is -0.300. The lowest BCUT2D eigenvalue weighted by Gasteiger charge is -2.25. The molecule has 0 aliphatic rings. The summed E-state index contributed by atoms with van der Waals surface area (Å²) in [6, 6.07) is 4.92. The monoisotopic (exact) mass is 411 g/mol. The van der Waals surface area contributed by atoms with Gasteiger partial charge in [-0.05, 0) is 61.1 Å². The van der Waals surface area contributed by atoms with Gasteiger partial charge >= 0.3 is 0 Å². The first-order valence-electron chi connectivity index (χ1n) is 5.23. The van der Waals surface area contributed by atoms with E-state index in [0.29, 0.717) is 5.56 Å². The Morgan fingerprint density at radius 1 is 1.53 bits per heavy atom. The Kier molecular flexibility index (Phi) is 5.24. The molecule has 0 unspecified atom stereocenters. The molecule has 0 saturated heterocycles. The van der Waals surface area contributed by atoms with Gasteiger partial charge in [0.2, 0.25) is 0 Å². The zero-order valence-corrected chi connectivity index (χ0v) is 13.5. The molecule has 1 rings (SSSR count). The van der Waals surface area contributed by atoms with Crippen LogP contribution in [0.4, 0.5) is 0 Å². The van der Waals surface area contributed by atoms with Crippen molar-refractivity contribution in [2.45, 2.75) is 25.8 Å². The molecule has 17 heavy (non-hydrogen) atoms. The van der Waals surface area contributed by atoms with E-state index in [0.717, 1.165) is 15.3 Å². The third-order valence-corrected chi connectivity index (χ3v) is 3.69. The van der Waals surface area contributed by atoms with Crippen molar-refractivity contribution in [2.75, 3.05) is 5.33 Å². The summed E-state index contributed by atoms with van der Waals surface area (Å²) in [6.07, 6.45) is 0.842. The van der Waals surface area contributed by atoms with Crippen LogP contribution in [0.15, 0.2) is 18.2 Å². The van der Waals surface area contributed by atoms with Crippen LogP contribution in [0.3, 0.4) is 0 Å². The zero-order chi connectivity index (χ0) is 13.1. The fourth-order valence-corrected chi connectivity index (χ4v) is 2.66. The van der Waals surface area contributed by atoms with Gasteiger partial charge in [-0.2, -0.15) is 0 Å². The van der Waals surface area contributed by atoms with Crippen molar-refractivity contribution in [2.24, 2.45) is 0 Å². The van der Waals surface area contributed by atoms with Crippen LogP contribution in [-0.4, -0.2) is 21.9 Å². The van der Waals surface area contributed by atoms with E-state index in [1.54, 1.807) is 12.1 Å². The fourth-order valence-electron chi connectivity index (χ4n) is 1.33. The number of phenols is 1. The number of alkyl halides is 1. The number of nitrogens with one attached hydrogen (secondary N) is 1. The summed E-state index contributed by atoms with van der Waals surface area (Å²) >= 11 is 5.38. The Bertz CT molecular complexity index is 421. The van der Waals surface area contributed by atoms with Crippen molar-refractivity contribution in [3.8, 4) is 5.75 Å². The summed E-state index contributed by atoms with van der Waals surface area (Å²) in [5, 5.41) is 13.3. The van der Waals surface area contributed by atoms with Gasteiger partial charge in [0.1, 0.15) is 5.75 Å². The third-order valence-electron chi connectivity index (χ3n) is 2.38. The smallest absolute Gasteiger partial charge is 0.251 e. The number of rotatable bonds is 4. The van der Waals surface area contributed by atoms with Crippen LogP contribution in [0, 0.1) is 3.57 Å². The molecule has 0 aliphatic heterocycles. The minimum absolute atomic E-state index is 0.136. The average molecular weight is 412 g/mol. The summed E-state index contributed by atoms with van der Waals surface area (Å²) in [7, 11) is 0.